The van der Waals surface area contributed by atoms with E-state index in [0.29, 0.717) is 30.9 Å². The molecular weight excluding hydrogens is 286 g/mol. The zero-order valence-electron chi connectivity index (χ0n) is 12.7. The molecule has 1 saturated carbocycles. The minimum Gasteiger partial charge on any atom is -0.497 e. The summed E-state index contributed by atoms with van der Waals surface area (Å²) in [5.74, 6) is -0.705. The lowest BCUT2D eigenvalue weighted by molar-refractivity contribution is -0.152. The molecule has 1 aliphatic carbocycles. The number of rotatable bonds is 7. The normalized spacial score (nSPS) is 21.4. The molecule has 3 atom stereocenters. The van der Waals surface area contributed by atoms with Gasteiger partial charge in [-0.3, -0.25) is 9.59 Å². The number of hydrogen-bond acceptors (Lipinski definition) is 4. The fourth-order valence-electron chi connectivity index (χ4n) is 2.43. The molecule has 22 heavy (non-hydrogen) atoms. The lowest BCUT2D eigenvalue weighted by atomic mass is 9.73. The van der Waals surface area contributed by atoms with Crippen molar-refractivity contribution in [2.75, 3.05) is 13.7 Å². The smallest absolute Gasteiger partial charge is 0.307 e. The van der Waals surface area contributed by atoms with E-state index in [1.807, 2.05) is 25.1 Å². The molecule has 2 N–H and O–H groups in total. The van der Waals surface area contributed by atoms with Crippen molar-refractivity contribution in [2.24, 2.45) is 11.8 Å². The first kappa shape index (κ1) is 16.1. The van der Waals surface area contributed by atoms with Gasteiger partial charge in [0.2, 0.25) is 5.91 Å². The van der Waals surface area contributed by atoms with E-state index in [0.717, 1.165) is 0 Å². The molecule has 1 aromatic rings. The van der Waals surface area contributed by atoms with E-state index in [9.17, 15) is 9.59 Å². The highest BCUT2D eigenvalue weighted by Gasteiger charge is 2.41. The van der Waals surface area contributed by atoms with Crippen molar-refractivity contribution >= 4 is 11.9 Å². The third kappa shape index (κ3) is 3.90. The number of methoxy groups -OCH3 is 1. The number of ether oxygens (including phenoxy) is 2. The molecule has 0 aromatic heterocycles. The molecule has 0 aliphatic heterocycles. The number of carboxylic acids is 1. The Hall–Kier alpha value is -2.24. The summed E-state index contributed by atoms with van der Waals surface area (Å²) in [4.78, 5) is 22.9. The van der Waals surface area contributed by atoms with Crippen molar-refractivity contribution in [3.8, 4) is 11.5 Å². The molecule has 6 nitrogen and oxygen atoms in total. The van der Waals surface area contributed by atoms with Gasteiger partial charge in [0.05, 0.1) is 25.5 Å². The lowest BCUT2D eigenvalue weighted by Crippen LogP contribution is -2.46. The Balaban J connectivity index is 1.78. The SMILES string of the molecule is COc1cccc(OC(C)CNC(=O)C2CCC2C(=O)O)c1. The molecule has 3 unspecified atom stereocenters. The van der Waals surface area contributed by atoms with Crippen LogP contribution in [0, 0.1) is 11.8 Å². The molecule has 0 saturated heterocycles. The third-order valence-corrected chi connectivity index (χ3v) is 3.87. The Morgan fingerprint density at radius 3 is 2.59 bits per heavy atom. The second-order valence-electron chi connectivity index (χ2n) is 5.48. The molecule has 1 amide bonds. The molecule has 6 heteroatoms. The summed E-state index contributed by atoms with van der Waals surface area (Å²) < 4.78 is 10.8. The van der Waals surface area contributed by atoms with Gasteiger partial charge >= 0.3 is 5.97 Å². The van der Waals surface area contributed by atoms with Crippen LogP contribution in [0.15, 0.2) is 24.3 Å². The number of amides is 1. The van der Waals surface area contributed by atoms with Crippen LogP contribution in [-0.2, 0) is 9.59 Å². The second kappa shape index (κ2) is 7.15. The highest BCUT2D eigenvalue weighted by molar-refractivity contribution is 5.86. The maximum absolute atomic E-state index is 11.9. The fourth-order valence-corrected chi connectivity index (χ4v) is 2.43. The number of benzene rings is 1. The van der Waals surface area contributed by atoms with E-state index in [1.165, 1.54) is 0 Å². The van der Waals surface area contributed by atoms with Gasteiger partial charge in [-0.15, -0.1) is 0 Å². The van der Waals surface area contributed by atoms with Crippen molar-refractivity contribution in [1.82, 2.24) is 5.32 Å². The molecule has 0 heterocycles. The van der Waals surface area contributed by atoms with Gasteiger partial charge in [0.15, 0.2) is 0 Å². The molecule has 0 radical (unpaired) electrons. The topological polar surface area (TPSA) is 84.9 Å². The van der Waals surface area contributed by atoms with Crippen LogP contribution in [0.4, 0.5) is 0 Å². The fraction of sp³-hybridized carbons (Fsp3) is 0.500. The average Bonchev–Trinajstić information content (AvgIpc) is 2.43. The predicted octanol–water partition coefficient (Wildman–Crippen LogP) is 1.69. The zero-order chi connectivity index (χ0) is 16.1. The Morgan fingerprint density at radius 2 is 2.00 bits per heavy atom. The van der Waals surface area contributed by atoms with Crippen molar-refractivity contribution in [3.63, 3.8) is 0 Å². The van der Waals surface area contributed by atoms with Crippen LogP contribution < -0.4 is 14.8 Å². The third-order valence-electron chi connectivity index (χ3n) is 3.87. The summed E-state index contributed by atoms with van der Waals surface area (Å²) >= 11 is 0. The van der Waals surface area contributed by atoms with E-state index in [2.05, 4.69) is 5.32 Å². The van der Waals surface area contributed by atoms with Crippen LogP contribution in [-0.4, -0.2) is 36.7 Å². The first-order chi connectivity index (χ1) is 10.5. The van der Waals surface area contributed by atoms with Crippen LogP contribution in [0.3, 0.4) is 0 Å². The minimum absolute atomic E-state index is 0.209. The first-order valence-corrected chi connectivity index (χ1v) is 7.32. The average molecular weight is 307 g/mol. The van der Waals surface area contributed by atoms with E-state index in [1.54, 1.807) is 13.2 Å². The van der Waals surface area contributed by atoms with Crippen LogP contribution in [0.1, 0.15) is 19.8 Å². The highest BCUT2D eigenvalue weighted by Crippen LogP contribution is 2.34. The van der Waals surface area contributed by atoms with Crippen LogP contribution in [0.25, 0.3) is 0 Å². The Labute approximate surface area is 129 Å². The number of hydrogen-bond donors (Lipinski definition) is 2. The van der Waals surface area contributed by atoms with Gasteiger partial charge in [-0.2, -0.15) is 0 Å². The van der Waals surface area contributed by atoms with Crippen molar-refractivity contribution < 1.29 is 24.2 Å². The van der Waals surface area contributed by atoms with Crippen LogP contribution in [0.5, 0.6) is 11.5 Å². The van der Waals surface area contributed by atoms with E-state index in [-0.39, 0.29) is 12.0 Å². The standard InChI is InChI=1S/C16H21NO5/c1-10(22-12-5-3-4-11(8-12)21-2)9-17-15(18)13-6-7-14(13)16(19)20/h3-5,8,10,13-14H,6-7,9H2,1-2H3,(H,17,18)(H,19,20). The van der Waals surface area contributed by atoms with Crippen LogP contribution >= 0.6 is 0 Å². The van der Waals surface area contributed by atoms with Crippen LogP contribution in [0.2, 0.25) is 0 Å². The number of nitrogens with one attached hydrogen (secondary N) is 1. The zero-order valence-corrected chi connectivity index (χ0v) is 12.7. The Kier molecular flexibility index (Phi) is 5.25. The summed E-state index contributed by atoms with van der Waals surface area (Å²) in [5.41, 5.74) is 0. The molecule has 120 valence electrons. The number of carboxylic acid groups (broad SMARTS) is 1. The molecular formula is C16H21NO5. The first-order valence-electron chi connectivity index (χ1n) is 7.32. The molecule has 2 rings (SSSR count). The number of carbonyl (C=O) groups excluding carboxylic acids is 1. The van der Waals surface area contributed by atoms with Gasteiger partial charge in [-0.1, -0.05) is 6.07 Å². The lowest BCUT2D eigenvalue weighted by Gasteiger charge is -2.32. The minimum atomic E-state index is -0.896. The molecule has 0 bridgehead atoms. The maximum atomic E-state index is 11.9. The summed E-state index contributed by atoms with van der Waals surface area (Å²) in [6.07, 6.45) is 0.983. The van der Waals surface area contributed by atoms with Gasteiger partial charge in [-0.05, 0) is 31.9 Å². The maximum Gasteiger partial charge on any atom is 0.307 e. The number of carbonyl (C=O) groups is 2. The van der Waals surface area contributed by atoms with Crippen molar-refractivity contribution in [2.45, 2.75) is 25.9 Å². The Bertz CT molecular complexity index is 545. The van der Waals surface area contributed by atoms with Gasteiger partial charge in [-0.25, -0.2) is 0 Å². The van der Waals surface area contributed by atoms with E-state index >= 15 is 0 Å². The number of aliphatic carboxylic acids is 1. The summed E-state index contributed by atoms with van der Waals surface area (Å²) in [5, 5.41) is 11.7. The highest BCUT2D eigenvalue weighted by atomic mass is 16.5. The molecule has 1 fully saturated rings. The predicted molar refractivity (Wildman–Crippen MR) is 79.9 cm³/mol. The van der Waals surface area contributed by atoms with Gasteiger partial charge in [0, 0.05) is 6.07 Å². The molecule has 1 aliphatic rings. The van der Waals surface area contributed by atoms with Crippen molar-refractivity contribution in [1.29, 1.82) is 0 Å². The van der Waals surface area contributed by atoms with Gasteiger partial charge in [0.25, 0.3) is 0 Å². The Morgan fingerprint density at radius 1 is 1.32 bits per heavy atom. The monoisotopic (exact) mass is 307 g/mol. The second-order valence-corrected chi connectivity index (χ2v) is 5.48. The quantitative estimate of drug-likeness (QED) is 0.800. The largest absolute Gasteiger partial charge is 0.497 e. The van der Waals surface area contributed by atoms with E-state index < -0.39 is 17.8 Å². The molecule has 1 aromatic carbocycles. The summed E-state index contributed by atoms with van der Waals surface area (Å²) in [7, 11) is 1.58. The molecule has 0 spiro atoms. The van der Waals surface area contributed by atoms with Gasteiger partial charge < -0.3 is 19.9 Å². The van der Waals surface area contributed by atoms with Crippen molar-refractivity contribution in [3.05, 3.63) is 24.3 Å². The summed E-state index contributed by atoms with van der Waals surface area (Å²) in [6.45, 7) is 2.17. The van der Waals surface area contributed by atoms with Gasteiger partial charge in [0.1, 0.15) is 17.6 Å². The van der Waals surface area contributed by atoms with E-state index in [4.69, 9.17) is 14.6 Å². The summed E-state index contributed by atoms with van der Waals surface area (Å²) in [6, 6.07) is 7.23.